The van der Waals surface area contributed by atoms with Gasteiger partial charge in [0.25, 0.3) is 15.6 Å². The highest BCUT2D eigenvalue weighted by molar-refractivity contribution is 7.86. The van der Waals surface area contributed by atoms with Crippen LogP contribution in [0.2, 0.25) is 0 Å². The number of aliphatic hydroxyl groups excluding tert-OH is 4. The van der Waals surface area contributed by atoms with Crippen molar-refractivity contribution in [2.75, 3.05) is 24.7 Å². The second-order valence-corrected chi connectivity index (χ2v) is 15.1. The average molecular weight is 748 g/mol. The predicted octanol–water partition coefficient (Wildman–Crippen LogP) is -3.65. The maximum absolute atomic E-state index is 12.5. The molecule has 2 unspecified atom stereocenters. The second-order valence-electron chi connectivity index (χ2n) is 10.4. The van der Waals surface area contributed by atoms with E-state index in [0.29, 0.717) is 0 Å². The van der Waals surface area contributed by atoms with Crippen LogP contribution in [0.15, 0.2) is 25.3 Å². The molecular weight excluding hydrogens is 724 g/mol. The van der Waals surface area contributed by atoms with E-state index in [4.69, 9.17) is 28.5 Å². The molecule has 0 aromatic carbocycles. The summed E-state index contributed by atoms with van der Waals surface area (Å²) in [6.07, 6.45) is -8.02. The number of nitrogens with two attached hydrogens (primary N) is 2. The van der Waals surface area contributed by atoms with E-state index in [1.807, 2.05) is 0 Å². The minimum Gasteiger partial charge on any atom is -0.756 e. The number of anilines is 2. The lowest BCUT2D eigenvalue weighted by atomic mass is 10.1. The molecule has 0 bridgehead atoms. The highest BCUT2D eigenvalue weighted by atomic mass is 31.3. The van der Waals surface area contributed by atoms with Gasteiger partial charge in [0.15, 0.2) is 35.4 Å². The van der Waals surface area contributed by atoms with Crippen LogP contribution in [0.3, 0.4) is 0 Å². The summed E-state index contributed by atoms with van der Waals surface area (Å²) in [5.74, 6) is 0.0298. The van der Waals surface area contributed by atoms with Gasteiger partial charge in [-0.25, -0.2) is 29.9 Å². The van der Waals surface area contributed by atoms with Crippen molar-refractivity contribution < 1.29 is 71.1 Å². The number of fused-ring (bicyclic) bond motifs is 2. The predicted molar refractivity (Wildman–Crippen MR) is 154 cm³/mol. The normalized spacial score (nSPS) is 31.2. The maximum atomic E-state index is 12.5. The number of aromatic nitrogens is 8. The van der Waals surface area contributed by atoms with Crippen molar-refractivity contribution in [1.82, 2.24) is 39.0 Å². The molecule has 4 aromatic rings. The van der Waals surface area contributed by atoms with E-state index in [-0.39, 0.29) is 34.0 Å². The quantitative estimate of drug-likeness (QED) is 0.0600. The minimum atomic E-state index is -5.78. The van der Waals surface area contributed by atoms with E-state index in [1.165, 1.54) is 21.8 Å². The second kappa shape index (κ2) is 13.3. The van der Waals surface area contributed by atoms with Gasteiger partial charge in [-0.1, -0.05) is 0 Å². The number of hydrogen-bond donors (Lipinski definition) is 6. The zero-order chi connectivity index (χ0) is 35.5. The lowest BCUT2D eigenvalue weighted by molar-refractivity contribution is -0.223. The third-order valence-corrected chi connectivity index (χ3v) is 11.6. The van der Waals surface area contributed by atoms with Gasteiger partial charge in [0.2, 0.25) is 0 Å². The fourth-order valence-corrected chi connectivity index (χ4v) is 8.63. The summed E-state index contributed by atoms with van der Waals surface area (Å²) in [6.45, 7) is -2.09. The van der Waals surface area contributed by atoms with Gasteiger partial charge in [0, 0.05) is 0 Å². The molecule has 49 heavy (non-hydrogen) atoms. The number of phosphoric ester groups is 2. The highest BCUT2D eigenvalue weighted by Crippen LogP contribution is 2.65. The van der Waals surface area contributed by atoms with Crippen LogP contribution in [0, 0.1) is 0 Å². The first-order valence-corrected chi connectivity index (χ1v) is 18.1. The van der Waals surface area contributed by atoms with Crippen molar-refractivity contribution in [3.63, 3.8) is 0 Å². The molecule has 29 heteroatoms. The lowest BCUT2D eigenvalue weighted by Crippen LogP contribution is -2.34. The van der Waals surface area contributed by atoms with Gasteiger partial charge < -0.3 is 72.3 Å². The maximum Gasteiger partial charge on any atom is 0.272 e. The Kier molecular flexibility index (Phi) is 9.69. The molecule has 0 amide bonds. The standard InChI is InChI=1S/C20H26BN10O15P3/c21-47(36,45-48(37,38)41-1-7-11(32)13(34)19(43-7)30-5-28-9-15(22)24-3-26-17(9)30)46-49(39,40)42-2-8-12(33)14(35)20(44-8)31-6-29-10-16(23)25-4-27-18(10)31/h3-8,11-14,19-20,32-35H,1-2H2,(H,37,38)(H,39,40)(H2,22,24,26)(H2,23,25,27)/q-1/p-2/t7-,8-,11-,12-,13-,14-,19-,20-/m1/s1. The number of nitrogen functional groups attached to an aromatic ring is 2. The molecule has 4 aromatic heterocycles. The summed E-state index contributed by atoms with van der Waals surface area (Å²) < 4.78 is 68.0. The Labute approximate surface area is 273 Å². The van der Waals surface area contributed by atoms with Gasteiger partial charge in [0.05, 0.1) is 33.3 Å². The van der Waals surface area contributed by atoms with Crippen molar-refractivity contribution >= 4 is 64.6 Å². The zero-order valence-electron chi connectivity index (χ0n) is 24.3. The Morgan fingerprint density at radius 3 is 1.49 bits per heavy atom. The summed E-state index contributed by atoms with van der Waals surface area (Å²) in [5, 5.41) is 41.8. The van der Waals surface area contributed by atoms with Crippen LogP contribution in [0.25, 0.3) is 22.3 Å². The molecule has 265 valence electrons. The van der Waals surface area contributed by atoms with Gasteiger partial charge in [0.1, 0.15) is 60.3 Å². The number of rotatable bonds is 12. The van der Waals surface area contributed by atoms with E-state index in [0.717, 1.165) is 12.7 Å². The number of ether oxygens (including phenoxy) is 2. The van der Waals surface area contributed by atoms with Crippen LogP contribution in [0.1, 0.15) is 12.5 Å². The highest BCUT2D eigenvalue weighted by Gasteiger charge is 2.46. The molecule has 6 heterocycles. The lowest BCUT2D eigenvalue weighted by Gasteiger charge is -2.37. The third-order valence-electron chi connectivity index (χ3n) is 7.22. The van der Waals surface area contributed by atoms with E-state index in [9.17, 15) is 43.9 Å². The molecule has 2 fully saturated rings. The molecule has 2 saturated heterocycles. The Morgan fingerprint density at radius 1 is 0.714 bits per heavy atom. The molecule has 0 saturated carbocycles. The van der Waals surface area contributed by atoms with Crippen LogP contribution in [0.5, 0.6) is 0 Å². The van der Waals surface area contributed by atoms with Crippen LogP contribution in [-0.4, -0.2) is 117 Å². The van der Waals surface area contributed by atoms with Crippen LogP contribution < -0.4 is 21.3 Å². The smallest absolute Gasteiger partial charge is 0.272 e. The molecule has 0 spiro atoms. The molecule has 10 atom stereocenters. The Balaban J connectivity index is 1.03. The summed E-state index contributed by atoms with van der Waals surface area (Å²) in [7, 11) is -12.0. The van der Waals surface area contributed by atoms with E-state index in [2.05, 4.69) is 47.6 Å². The number of nitrogens with zero attached hydrogens (tertiary/aromatic N) is 8. The van der Waals surface area contributed by atoms with Gasteiger partial charge >= 0.3 is 0 Å². The molecule has 6 rings (SSSR count). The number of imidazole rings is 2. The zero-order valence-corrected chi connectivity index (χ0v) is 27.0. The van der Waals surface area contributed by atoms with Crippen molar-refractivity contribution in [1.29, 1.82) is 0 Å². The van der Waals surface area contributed by atoms with Crippen molar-refractivity contribution in [3.05, 3.63) is 25.3 Å². The SMILES string of the molecule is [B-]P(=O)(OP(=O)([O-])OC[C@H]1O[C@@H](n2cnc3c(N)ncnc32)[C@H](O)[C@@H]1O)OP(=O)([O-])OC[C@H]1O[C@@H](n2cnc3c(N)ncnc32)[C@H](O)[C@@H]1O. The fourth-order valence-electron chi connectivity index (χ4n) is 4.98. The van der Waals surface area contributed by atoms with Crippen molar-refractivity contribution in [3.8, 4) is 0 Å². The molecule has 0 aliphatic carbocycles. The molecular formula is C20H24BN10O15P3-3. The van der Waals surface area contributed by atoms with Gasteiger partial charge in [-0.2, -0.15) is 0 Å². The van der Waals surface area contributed by atoms with E-state index >= 15 is 0 Å². The summed E-state index contributed by atoms with van der Waals surface area (Å²) in [4.78, 5) is 48.3. The van der Waals surface area contributed by atoms with Gasteiger partial charge in [-0.3, -0.25) is 26.9 Å². The minimum absolute atomic E-state index is 0.0149. The number of aliphatic hydroxyl groups is 4. The number of phosphoric acid groups is 2. The van der Waals surface area contributed by atoms with Crippen LogP contribution >= 0.6 is 23.1 Å². The molecule has 8 N–H and O–H groups in total. The molecule has 3 radical (unpaired) electrons. The number of hydrogen-bond acceptors (Lipinski definition) is 23. The third kappa shape index (κ3) is 7.26. The fraction of sp³-hybridized carbons (Fsp3) is 0.500. The Hall–Kier alpha value is -3.03. The first-order valence-electron chi connectivity index (χ1n) is 13.6. The topological polar surface area (TPSA) is 373 Å². The van der Waals surface area contributed by atoms with Crippen molar-refractivity contribution in [2.45, 2.75) is 49.1 Å². The monoisotopic (exact) mass is 748 g/mol. The summed E-state index contributed by atoms with van der Waals surface area (Å²) in [6, 6.07) is 0. The van der Waals surface area contributed by atoms with E-state index < -0.39 is 85.4 Å². The first kappa shape index (κ1) is 35.8. The molecule has 25 nitrogen and oxygen atoms in total. The largest absolute Gasteiger partial charge is 0.756 e. The van der Waals surface area contributed by atoms with Crippen LogP contribution in [-0.2, 0) is 40.8 Å². The summed E-state index contributed by atoms with van der Waals surface area (Å²) >= 11 is 0. The summed E-state index contributed by atoms with van der Waals surface area (Å²) in [5.41, 5.74) is 12.0. The Morgan fingerprint density at radius 2 is 1.10 bits per heavy atom. The molecule has 2 aliphatic rings. The van der Waals surface area contributed by atoms with Crippen LogP contribution in [0.4, 0.5) is 11.6 Å². The van der Waals surface area contributed by atoms with Crippen molar-refractivity contribution in [2.24, 2.45) is 0 Å². The van der Waals surface area contributed by atoms with E-state index in [1.54, 1.807) is 0 Å². The van der Waals surface area contributed by atoms with Gasteiger partial charge in [-0.05, 0) is 0 Å². The van der Waals surface area contributed by atoms with Gasteiger partial charge in [-0.15, -0.1) is 0 Å². The first-order chi connectivity index (χ1) is 23.0. The average Bonchev–Trinajstić information content (AvgIpc) is 3.77. The molecule has 2 aliphatic heterocycles. The Bertz CT molecular complexity index is 1870.